The molecular weight excluding hydrogens is 400 g/mol. The van der Waals surface area contributed by atoms with Crippen LogP contribution in [0, 0.1) is 0 Å². The molecule has 0 saturated heterocycles. The summed E-state index contributed by atoms with van der Waals surface area (Å²) in [6, 6.07) is 18.7. The molecule has 3 heterocycles. The summed E-state index contributed by atoms with van der Waals surface area (Å²) in [6.07, 6.45) is 6.87. The van der Waals surface area contributed by atoms with E-state index in [-0.39, 0.29) is 18.0 Å². The lowest BCUT2D eigenvalue weighted by Crippen LogP contribution is -2.44. The molecule has 7 heteroatoms. The van der Waals surface area contributed by atoms with Crippen LogP contribution in [0.2, 0.25) is 0 Å². The average molecular weight is 427 g/mol. The van der Waals surface area contributed by atoms with Crippen LogP contribution in [-0.2, 0) is 4.79 Å². The number of nitrogens with zero attached hydrogens (tertiary/aromatic N) is 4. The summed E-state index contributed by atoms with van der Waals surface area (Å²) in [5.41, 5.74) is 5.26. The molecule has 0 unspecified atom stereocenters. The summed E-state index contributed by atoms with van der Waals surface area (Å²) >= 11 is 0. The molecule has 162 valence electrons. The van der Waals surface area contributed by atoms with Crippen LogP contribution in [0.25, 0.3) is 16.9 Å². The van der Waals surface area contributed by atoms with E-state index in [9.17, 15) is 4.79 Å². The highest BCUT2D eigenvalue weighted by Gasteiger charge is 2.32. The van der Waals surface area contributed by atoms with E-state index in [0.717, 1.165) is 40.3 Å². The number of benzene rings is 2. The second-order valence-electron chi connectivity index (χ2n) is 8.11. The zero-order valence-corrected chi connectivity index (χ0v) is 18.2. The lowest BCUT2D eigenvalue weighted by Gasteiger charge is -2.40. The molecule has 4 aromatic rings. The first-order valence-corrected chi connectivity index (χ1v) is 11.0. The van der Waals surface area contributed by atoms with E-state index >= 15 is 0 Å². The second-order valence-corrected chi connectivity index (χ2v) is 8.11. The highest BCUT2D eigenvalue weighted by molar-refractivity contribution is 5.95. The maximum atomic E-state index is 12.6. The Kier molecular flexibility index (Phi) is 5.23. The van der Waals surface area contributed by atoms with Crippen LogP contribution in [0.1, 0.15) is 38.3 Å². The number of aromatic amines is 1. The van der Waals surface area contributed by atoms with Crippen molar-refractivity contribution in [3.8, 4) is 16.9 Å². The van der Waals surface area contributed by atoms with E-state index < -0.39 is 0 Å². The second kappa shape index (κ2) is 8.34. The van der Waals surface area contributed by atoms with Gasteiger partial charge in [-0.1, -0.05) is 37.3 Å². The number of hydrogen-bond acceptors (Lipinski definition) is 4. The van der Waals surface area contributed by atoms with Crippen molar-refractivity contribution in [1.82, 2.24) is 20.0 Å². The van der Waals surface area contributed by atoms with Crippen LogP contribution in [-0.4, -0.2) is 31.9 Å². The molecule has 2 N–H and O–H groups in total. The van der Waals surface area contributed by atoms with E-state index in [0.29, 0.717) is 6.42 Å². The molecule has 0 fully saturated rings. The molecule has 2 aromatic heterocycles. The normalized spacial score (nSPS) is 17.8. The average Bonchev–Trinajstić information content (AvgIpc) is 3.51. The maximum absolute atomic E-state index is 12.6. The third kappa shape index (κ3) is 3.56. The zero-order valence-electron chi connectivity index (χ0n) is 18.2. The van der Waals surface area contributed by atoms with Crippen molar-refractivity contribution in [2.75, 3.05) is 10.2 Å². The number of para-hydroxylation sites is 1. The van der Waals surface area contributed by atoms with E-state index in [4.69, 9.17) is 0 Å². The largest absolute Gasteiger partial charge is 0.378 e. The molecule has 1 aliphatic rings. The predicted octanol–water partition coefficient (Wildman–Crippen LogP) is 4.95. The van der Waals surface area contributed by atoms with Gasteiger partial charge in [0.05, 0.1) is 6.04 Å². The highest BCUT2D eigenvalue weighted by atomic mass is 16.2. The van der Waals surface area contributed by atoms with Crippen LogP contribution < -0.4 is 10.2 Å². The summed E-state index contributed by atoms with van der Waals surface area (Å²) in [6.45, 7) is 4.04. The van der Waals surface area contributed by atoms with E-state index in [2.05, 4.69) is 57.9 Å². The topological polar surface area (TPSA) is 78.8 Å². The van der Waals surface area contributed by atoms with Crippen molar-refractivity contribution in [3.05, 3.63) is 78.8 Å². The molecule has 0 saturated carbocycles. The zero-order chi connectivity index (χ0) is 22.1. The van der Waals surface area contributed by atoms with Crippen molar-refractivity contribution in [3.63, 3.8) is 0 Å². The Bertz CT molecular complexity index is 1210. The first-order valence-electron chi connectivity index (χ1n) is 11.0. The van der Waals surface area contributed by atoms with Gasteiger partial charge in [-0.15, -0.1) is 0 Å². The molecule has 1 amide bonds. The van der Waals surface area contributed by atoms with Gasteiger partial charge in [0.15, 0.2) is 5.82 Å². The number of hydrogen-bond donors (Lipinski definition) is 2. The molecule has 0 aliphatic carbocycles. The number of nitrogens with one attached hydrogen (secondary N) is 2. The van der Waals surface area contributed by atoms with Gasteiger partial charge in [-0.25, -0.2) is 4.68 Å². The minimum absolute atomic E-state index is 0.136. The summed E-state index contributed by atoms with van der Waals surface area (Å²) in [4.78, 5) is 14.5. The molecule has 32 heavy (non-hydrogen) atoms. The minimum atomic E-state index is 0.136. The Balaban J connectivity index is 1.40. The Hall–Kier alpha value is -3.87. The summed E-state index contributed by atoms with van der Waals surface area (Å²) in [5, 5.41) is 15.2. The van der Waals surface area contributed by atoms with Gasteiger partial charge in [0.25, 0.3) is 0 Å². The van der Waals surface area contributed by atoms with Crippen molar-refractivity contribution < 1.29 is 4.79 Å². The molecule has 2 aromatic carbocycles. The van der Waals surface area contributed by atoms with Crippen molar-refractivity contribution in [2.45, 2.75) is 38.8 Å². The molecule has 0 radical (unpaired) electrons. The molecule has 7 nitrogen and oxygen atoms in total. The number of aromatic nitrogens is 4. The summed E-state index contributed by atoms with van der Waals surface area (Å²) in [5.74, 6) is 0.937. The molecule has 0 spiro atoms. The first-order chi connectivity index (χ1) is 15.7. The SMILES string of the molecule is CCC(=O)N1c2ccccc2[C@H](Nc2ccc(-c3c[nH]nc3-n3cccn3)cc2)C[C@@H]1C. The number of carbonyl (C=O) groups excluding carboxylic acids is 1. The van der Waals surface area contributed by atoms with E-state index in [1.807, 2.05) is 48.5 Å². The van der Waals surface area contributed by atoms with Crippen molar-refractivity contribution in [2.24, 2.45) is 0 Å². The van der Waals surface area contributed by atoms with Gasteiger partial charge in [-0.05, 0) is 48.7 Å². The Labute approximate surface area is 187 Å². The fraction of sp³-hybridized carbons (Fsp3) is 0.240. The number of carbonyl (C=O) groups is 1. The van der Waals surface area contributed by atoms with Crippen LogP contribution in [0.5, 0.6) is 0 Å². The van der Waals surface area contributed by atoms with Gasteiger partial charge in [-0.2, -0.15) is 10.2 Å². The monoisotopic (exact) mass is 426 g/mol. The van der Waals surface area contributed by atoms with Gasteiger partial charge >= 0.3 is 0 Å². The quantitative estimate of drug-likeness (QED) is 0.473. The molecule has 2 atom stereocenters. The van der Waals surface area contributed by atoms with Crippen molar-refractivity contribution in [1.29, 1.82) is 0 Å². The Morgan fingerprint density at radius 2 is 1.97 bits per heavy atom. The van der Waals surface area contributed by atoms with Crippen LogP contribution in [0.4, 0.5) is 11.4 Å². The number of rotatable bonds is 5. The number of H-pyrrole nitrogens is 1. The van der Waals surface area contributed by atoms with Crippen molar-refractivity contribution >= 4 is 17.3 Å². The van der Waals surface area contributed by atoms with Gasteiger partial charge in [-0.3, -0.25) is 9.89 Å². The van der Waals surface area contributed by atoms with Gasteiger partial charge in [0.2, 0.25) is 5.91 Å². The molecule has 1 aliphatic heterocycles. The highest BCUT2D eigenvalue weighted by Crippen LogP contribution is 2.39. The lowest BCUT2D eigenvalue weighted by molar-refractivity contribution is -0.118. The smallest absolute Gasteiger partial charge is 0.226 e. The third-order valence-electron chi connectivity index (χ3n) is 6.04. The van der Waals surface area contributed by atoms with Gasteiger partial charge < -0.3 is 10.2 Å². The van der Waals surface area contributed by atoms with Crippen LogP contribution in [0.3, 0.4) is 0 Å². The summed E-state index contributed by atoms with van der Waals surface area (Å²) < 4.78 is 1.75. The molecular formula is C25H26N6O. The van der Waals surface area contributed by atoms with E-state index in [1.54, 1.807) is 10.9 Å². The maximum Gasteiger partial charge on any atom is 0.226 e. The standard InChI is InChI=1S/C25H26N6O/c1-3-24(32)31-17(2)15-22(20-7-4-5-8-23(20)31)28-19-11-9-18(10-12-19)21-16-26-29-25(21)30-14-6-13-27-30/h4-14,16-17,22,28H,3,15H2,1-2H3,(H,26,29)/t17-,22+/m0/s1. The van der Waals surface area contributed by atoms with Crippen LogP contribution in [0.15, 0.2) is 73.2 Å². The van der Waals surface area contributed by atoms with E-state index in [1.165, 1.54) is 0 Å². The fourth-order valence-electron chi connectivity index (χ4n) is 4.51. The number of anilines is 2. The van der Waals surface area contributed by atoms with Gasteiger partial charge in [0.1, 0.15) is 0 Å². The van der Waals surface area contributed by atoms with Crippen LogP contribution >= 0.6 is 0 Å². The Morgan fingerprint density at radius 1 is 1.16 bits per heavy atom. The Morgan fingerprint density at radius 3 is 2.72 bits per heavy atom. The summed E-state index contributed by atoms with van der Waals surface area (Å²) in [7, 11) is 0. The molecule has 0 bridgehead atoms. The minimum Gasteiger partial charge on any atom is -0.378 e. The predicted molar refractivity (Wildman–Crippen MR) is 126 cm³/mol. The molecule has 5 rings (SSSR count). The number of amides is 1. The third-order valence-corrected chi connectivity index (χ3v) is 6.04. The van der Waals surface area contributed by atoms with Gasteiger partial charge in [0, 0.05) is 48.0 Å². The fourth-order valence-corrected chi connectivity index (χ4v) is 4.51. The number of fused-ring (bicyclic) bond motifs is 1. The first kappa shape index (κ1) is 20.1. The lowest BCUT2D eigenvalue weighted by atomic mass is 9.91.